The summed E-state index contributed by atoms with van der Waals surface area (Å²) in [5.74, 6) is 3.05. The number of allylic oxidation sites excluding steroid dienone is 1. The van der Waals surface area contributed by atoms with Crippen LogP contribution in [0.25, 0.3) is 0 Å². The SMILES string of the molecule is C=CCc1cc(OC)c(O[C@H](CO)Cc2cc(OC)c(OC)c(OC)c2)c(OC)c1. The molecule has 7 heteroatoms. The van der Waals surface area contributed by atoms with E-state index < -0.39 is 6.10 Å². The van der Waals surface area contributed by atoms with Crippen LogP contribution in [-0.2, 0) is 12.8 Å². The van der Waals surface area contributed by atoms with Gasteiger partial charge < -0.3 is 33.5 Å². The van der Waals surface area contributed by atoms with E-state index in [-0.39, 0.29) is 6.61 Å². The van der Waals surface area contributed by atoms with E-state index in [1.54, 1.807) is 41.6 Å². The van der Waals surface area contributed by atoms with Gasteiger partial charge in [0.05, 0.1) is 42.2 Å². The lowest BCUT2D eigenvalue weighted by molar-refractivity contribution is 0.109. The molecule has 1 atom stereocenters. The summed E-state index contributed by atoms with van der Waals surface area (Å²) in [5.41, 5.74) is 1.83. The van der Waals surface area contributed by atoms with E-state index >= 15 is 0 Å². The van der Waals surface area contributed by atoms with E-state index in [1.807, 2.05) is 24.3 Å². The third-order valence-corrected chi connectivity index (χ3v) is 4.58. The molecular formula is C23H30O7. The molecule has 2 rings (SSSR count). The molecule has 164 valence electrons. The molecular weight excluding hydrogens is 388 g/mol. The Bertz CT molecular complexity index is 797. The molecule has 0 fully saturated rings. The first kappa shape index (κ1) is 23.2. The number of benzene rings is 2. The average Bonchev–Trinajstić information content (AvgIpc) is 2.78. The molecule has 0 aromatic heterocycles. The maximum atomic E-state index is 9.96. The van der Waals surface area contributed by atoms with Crippen LogP contribution < -0.4 is 28.4 Å². The summed E-state index contributed by atoms with van der Waals surface area (Å²) in [6.45, 7) is 3.55. The zero-order valence-electron chi connectivity index (χ0n) is 18.2. The molecule has 0 saturated carbocycles. The molecule has 0 unspecified atom stereocenters. The summed E-state index contributed by atoms with van der Waals surface area (Å²) in [6, 6.07) is 7.39. The molecule has 2 aromatic rings. The van der Waals surface area contributed by atoms with Crippen molar-refractivity contribution < 1.29 is 33.5 Å². The number of hydrogen-bond acceptors (Lipinski definition) is 7. The van der Waals surface area contributed by atoms with Crippen molar-refractivity contribution in [2.45, 2.75) is 18.9 Å². The lowest BCUT2D eigenvalue weighted by Crippen LogP contribution is -2.24. The Kier molecular flexibility index (Phi) is 8.68. The van der Waals surface area contributed by atoms with Crippen molar-refractivity contribution in [3.63, 3.8) is 0 Å². The van der Waals surface area contributed by atoms with Gasteiger partial charge in [-0.15, -0.1) is 6.58 Å². The van der Waals surface area contributed by atoms with Gasteiger partial charge in [-0.1, -0.05) is 6.08 Å². The van der Waals surface area contributed by atoms with E-state index in [0.29, 0.717) is 47.3 Å². The fraction of sp³-hybridized carbons (Fsp3) is 0.391. The molecule has 7 nitrogen and oxygen atoms in total. The van der Waals surface area contributed by atoms with Crippen LogP contribution in [0.1, 0.15) is 11.1 Å². The Balaban J connectivity index is 2.35. The van der Waals surface area contributed by atoms with Gasteiger partial charge in [0.1, 0.15) is 6.10 Å². The first-order valence-electron chi connectivity index (χ1n) is 9.47. The second kappa shape index (κ2) is 11.2. The molecule has 0 aliphatic carbocycles. The summed E-state index contributed by atoms with van der Waals surface area (Å²) < 4.78 is 33.3. The smallest absolute Gasteiger partial charge is 0.203 e. The van der Waals surface area contributed by atoms with E-state index in [4.69, 9.17) is 28.4 Å². The van der Waals surface area contributed by atoms with Gasteiger partial charge in [-0.2, -0.15) is 0 Å². The summed E-state index contributed by atoms with van der Waals surface area (Å²) in [5, 5.41) is 9.96. The standard InChI is InChI=1S/C23H30O7/c1-7-8-15-10-20(27-4)23(21(11-15)28-5)30-17(14-24)9-16-12-18(25-2)22(29-6)19(13-16)26-3/h7,10-13,17,24H,1,8-9,14H2,2-6H3/t17-/m0/s1. The lowest BCUT2D eigenvalue weighted by Gasteiger charge is -2.22. The van der Waals surface area contributed by atoms with E-state index in [0.717, 1.165) is 11.1 Å². The third-order valence-electron chi connectivity index (χ3n) is 4.58. The molecule has 1 N–H and O–H groups in total. The number of aliphatic hydroxyl groups excluding tert-OH is 1. The van der Waals surface area contributed by atoms with Crippen LogP contribution in [0.2, 0.25) is 0 Å². The highest BCUT2D eigenvalue weighted by Crippen LogP contribution is 2.41. The maximum absolute atomic E-state index is 9.96. The summed E-state index contributed by atoms with van der Waals surface area (Å²) in [4.78, 5) is 0. The number of methoxy groups -OCH3 is 5. The first-order valence-corrected chi connectivity index (χ1v) is 9.47. The molecule has 0 heterocycles. The van der Waals surface area contributed by atoms with Gasteiger partial charge in [0.2, 0.25) is 11.5 Å². The van der Waals surface area contributed by atoms with E-state index in [2.05, 4.69) is 6.58 Å². The Morgan fingerprint density at radius 3 is 1.63 bits per heavy atom. The minimum atomic E-state index is -0.555. The zero-order valence-corrected chi connectivity index (χ0v) is 18.2. The van der Waals surface area contributed by atoms with Gasteiger partial charge in [-0.3, -0.25) is 0 Å². The molecule has 0 saturated heterocycles. The summed E-state index contributed by atoms with van der Waals surface area (Å²) >= 11 is 0. The average molecular weight is 418 g/mol. The Hall–Kier alpha value is -3.06. The van der Waals surface area contributed by atoms with Crippen molar-refractivity contribution in [2.75, 3.05) is 42.2 Å². The molecule has 30 heavy (non-hydrogen) atoms. The maximum Gasteiger partial charge on any atom is 0.203 e. The van der Waals surface area contributed by atoms with Gasteiger partial charge in [-0.25, -0.2) is 0 Å². The Morgan fingerprint density at radius 1 is 0.767 bits per heavy atom. The van der Waals surface area contributed by atoms with E-state index in [9.17, 15) is 5.11 Å². The predicted molar refractivity (Wildman–Crippen MR) is 115 cm³/mol. The second-order valence-electron chi connectivity index (χ2n) is 6.48. The number of ether oxygens (including phenoxy) is 6. The number of rotatable bonds is 12. The van der Waals surface area contributed by atoms with Crippen molar-refractivity contribution in [3.05, 3.63) is 48.0 Å². The highest BCUT2D eigenvalue weighted by atomic mass is 16.5. The van der Waals surface area contributed by atoms with Crippen molar-refractivity contribution in [1.82, 2.24) is 0 Å². The van der Waals surface area contributed by atoms with Crippen LogP contribution in [-0.4, -0.2) is 53.4 Å². The van der Waals surface area contributed by atoms with Crippen molar-refractivity contribution >= 4 is 0 Å². The molecule has 0 aliphatic heterocycles. The minimum Gasteiger partial charge on any atom is -0.493 e. The van der Waals surface area contributed by atoms with Crippen LogP contribution in [0.3, 0.4) is 0 Å². The Labute approximate surface area is 177 Å². The molecule has 2 aromatic carbocycles. The largest absolute Gasteiger partial charge is 0.493 e. The summed E-state index contributed by atoms with van der Waals surface area (Å²) in [6.07, 6.45) is 2.31. The minimum absolute atomic E-state index is 0.211. The predicted octanol–water partition coefficient (Wildman–Crippen LogP) is 3.44. The van der Waals surface area contributed by atoms with Crippen LogP contribution in [0.4, 0.5) is 0 Å². The van der Waals surface area contributed by atoms with E-state index in [1.165, 1.54) is 0 Å². The monoisotopic (exact) mass is 418 g/mol. The second-order valence-corrected chi connectivity index (χ2v) is 6.48. The van der Waals surface area contributed by atoms with Crippen LogP contribution >= 0.6 is 0 Å². The molecule has 0 aliphatic rings. The van der Waals surface area contributed by atoms with Gasteiger partial charge in [0, 0.05) is 6.42 Å². The van der Waals surface area contributed by atoms with Gasteiger partial charge >= 0.3 is 0 Å². The topological polar surface area (TPSA) is 75.6 Å². The normalized spacial score (nSPS) is 11.4. The quantitative estimate of drug-likeness (QED) is 0.529. The Morgan fingerprint density at radius 2 is 1.23 bits per heavy atom. The van der Waals surface area contributed by atoms with Crippen LogP contribution in [0.15, 0.2) is 36.9 Å². The van der Waals surface area contributed by atoms with Crippen LogP contribution in [0, 0.1) is 0 Å². The van der Waals surface area contributed by atoms with Gasteiger partial charge in [-0.05, 0) is 41.8 Å². The zero-order chi connectivity index (χ0) is 22.1. The fourth-order valence-corrected chi connectivity index (χ4v) is 3.16. The van der Waals surface area contributed by atoms with Crippen molar-refractivity contribution in [1.29, 1.82) is 0 Å². The first-order chi connectivity index (χ1) is 14.5. The van der Waals surface area contributed by atoms with Crippen molar-refractivity contribution in [3.8, 4) is 34.5 Å². The van der Waals surface area contributed by atoms with Crippen molar-refractivity contribution in [2.24, 2.45) is 0 Å². The third kappa shape index (κ3) is 5.30. The molecule has 0 radical (unpaired) electrons. The number of aliphatic hydroxyl groups is 1. The van der Waals surface area contributed by atoms with Crippen LogP contribution in [0.5, 0.6) is 34.5 Å². The lowest BCUT2D eigenvalue weighted by atomic mass is 10.1. The molecule has 0 bridgehead atoms. The fourth-order valence-electron chi connectivity index (χ4n) is 3.16. The highest BCUT2D eigenvalue weighted by Gasteiger charge is 2.21. The van der Waals surface area contributed by atoms with Gasteiger partial charge in [0.15, 0.2) is 23.0 Å². The number of hydrogen-bond donors (Lipinski definition) is 1. The summed E-state index contributed by atoms with van der Waals surface area (Å²) in [7, 11) is 7.79. The molecule has 0 amide bonds. The van der Waals surface area contributed by atoms with Gasteiger partial charge in [0.25, 0.3) is 0 Å². The highest BCUT2D eigenvalue weighted by molar-refractivity contribution is 5.55. The molecule has 0 spiro atoms.